The highest BCUT2D eigenvalue weighted by Crippen LogP contribution is 2.38. The van der Waals surface area contributed by atoms with E-state index in [1.165, 1.54) is 51.8 Å². The molecule has 0 N–H and O–H groups in total. The molecule has 276 valence electrons. The summed E-state index contributed by atoms with van der Waals surface area (Å²) in [7, 11) is 0. The minimum absolute atomic E-state index is 0.209. The van der Waals surface area contributed by atoms with Gasteiger partial charge in [-0.3, -0.25) is 0 Å². The van der Waals surface area contributed by atoms with Gasteiger partial charge in [0.15, 0.2) is 0 Å². The molecule has 0 bridgehead atoms. The molecule has 2 heterocycles. The number of hydrogen-bond donors (Lipinski definition) is 0. The zero-order chi connectivity index (χ0) is 36.5. The summed E-state index contributed by atoms with van der Waals surface area (Å²) in [5, 5.41) is 0. The quantitative estimate of drug-likeness (QED) is 0.0906. The molecule has 53 heavy (non-hydrogen) atoms. The maximum Gasteiger partial charge on any atom is 0.0717 e. The van der Waals surface area contributed by atoms with E-state index in [0.29, 0.717) is 13.2 Å². The molecule has 5 aromatic carbocycles. The first-order valence-electron chi connectivity index (χ1n) is 19.6. The number of unbranched alkanes of at least 4 members (excludes halogenated alkanes) is 1. The van der Waals surface area contributed by atoms with Crippen LogP contribution in [0.2, 0.25) is 0 Å². The molecule has 0 spiro atoms. The Balaban J connectivity index is 1.05. The third-order valence-corrected chi connectivity index (χ3v) is 11.3. The molecule has 2 fully saturated rings. The second-order valence-electron chi connectivity index (χ2n) is 15.3. The van der Waals surface area contributed by atoms with Crippen LogP contribution < -0.4 is 4.90 Å². The summed E-state index contributed by atoms with van der Waals surface area (Å²) in [6.07, 6.45) is 5.70. The first kappa shape index (κ1) is 37.1. The Morgan fingerprint density at radius 2 is 0.811 bits per heavy atom. The fraction of sp³-hybridized carbons (Fsp3) is 0.375. The number of hydrogen-bond acceptors (Lipinski definition) is 5. The van der Waals surface area contributed by atoms with Crippen LogP contribution in [0.15, 0.2) is 121 Å². The Labute approximate surface area is 316 Å². The Bertz CT molecular complexity index is 1730. The van der Waals surface area contributed by atoms with Gasteiger partial charge in [0.05, 0.1) is 52.9 Å². The smallest absolute Gasteiger partial charge is 0.0717 e. The molecule has 0 atom stereocenters. The highest BCUT2D eigenvalue weighted by atomic mass is 16.5. The van der Waals surface area contributed by atoms with Gasteiger partial charge < -0.3 is 23.8 Å². The summed E-state index contributed by atoms with van der Waals surface area (Å²) in [6, 6.07) is 44.5. The summed E-state index contributed by atoms with van der Waals surface area (Å²) in [6.45, 7) is 12.7. The molecule has 0 aliphatic carbocycles. The predicted octanol–water partition coefficient (Wildman–Crippen LogP) is 11.7. The first-order chi connectivity index (χ1) is 26.0. The molecule has 0 radical (unpaired) electrons. The van der Waals surface area contributed by atoms with Crippen molar-refractivity contribution in [1.82, 2.24) is 0 Å². The number of rotatable bonds is 18. The third kappa shape index (κ3) is 8.93. The molecule has 5 aromatic rings. The van der Waals surface area contributed by atoms with E-state index in [9.17, 15) is 0 Å². The number of aryl methyl sites for hydroxylation is 1. The lowest BCUT2D eigenvalue weighted by atomic mass is 9.84. The lowest BCUT2D eigenvalue weighted by Gasteiger charge is -2.40. The van der Waals surface area contributed by atoms with Crippen LogP contribution in [0.3, 0.4) is 0 Å². The van der Waals surface area contributed by atoms with Crippen LogP contribution in [-0.4, -0.2) is 39.6 Å². The molecule has 2 saturated heterocycles. The van der Waals surface area contributed by atoms with Crippen LogP contribution in [0.1, 0.15) is 63.1 Å². The fourth-order valence-electron chi connectivity index (χ4n) is 7.16. The maximum absolute atomic E-state index is 6.09. The lowest BCUT2D eigenvalue weighted by molar-refractivity contribution is -0.152. The van der Waals surface area contributed by atoms with Crippen molar-refractivity contribution in [1.29, 1.82) is 0 Å². The number of benzene rings is 5. The molecular formula is C48H55NO4. The SMILES string of the molecule is CCCCc1ccc(N(c2ccc(-c3ccc(COCC4(CC)COC4)cc3)cc2)c2ccc(-c3ccc(COCC4(CC)COC4)cc3)cc2)cc1. The molecule has 0 aromatic heterocycles. The minimum Gasteiger partial charge on any atom is -0.380 e. The molecule has 2 aliphatic rings. The van der Waals surface area contributed by atoms with Gasteiger partial charge in [0.1, 0.15) is 0 Å². The zero-order valence-electron chi connectivity index (χ0n) is 31.8. The monoisotopic (exact) mass is 709 g/mol. The van der Waals surface area contributed by atoms with Crippen LogP contribution in [0.5, 0.6) is 0 Å². The Morgan fingerprint density at radius 3 is 1.13 bits per heavy atom. The van der Waals surface area contributed by atoms with Gasteiger partial charge >= 0.3 is 0 Å². The van der Waals surface area contributed by atoms with E-state index in [2.05, 4.69) is 147 Å². The topological polar surface area (TPSA) is 40.2 Å². The van der Waals surface area contributed by atoms with E-state index in [1.54, 1.807) is 0 Å². The van der Waals surface area contributed by atoms with Crippen molar-refractivity contribution in [2.75, 3.05) is 44.5 Å². The second-order valence-corrected chi connectivity index (χ2v) is 15.3. The van der Waals surface area contributed by atoms with E-state index < -0.39 is 0 Å². The summed E-state index contributed by atoms with van der Waals surface area (Å²) >= 11 is 0. The van der Waals surface area contributed by atoms with Gasteiger partial charge in [0.25, 0.3) is 0 Å². The van der Waals surface area contributed by atoms with Gasteiger partial charge in [-0.2, -0.15) is 0 Å². The van der Waals surface area contributed by atoms with Crippen molar-refractivity contribution < 1.29 is 18.9 Å². The highest BCUT2D eigenvalue weighted by molar-refractivity contribution is 5.80. The molecule has 5 heteroatoms. The molecule has 5 nitrogen and oxygen atoms in total. The van der Waals surface area contributed by atoms with Crippen LogP contribution in [-0.2, 0) is 38.6 Å². The Kier molecular flexibility index (Phi) is 12.1. The molecule has 7 rings (SSSR count). The minimum atomic E-state index is 0.209. The summed E-state index contributed by atoms with van der Waals surface area (Å²) in [5.41, 5.74) is 12.4. The van der Waals surface area contributed by atoms with Gasteiger partial charge in [-0.1, -0.05) is 112 Å². The largest absolute Gasteiger partial charge is 0.380 e. The fourth-order valence-corrected chi connectivity index (χ4v) is 7.16. The molecule has 0 unspecified atom stereocenters. The van der Waals surface area contributed by atoms with Crippen LogP contribution in [0.4, 0.5) is 17.1 Å². The van der Waals surface area contributed by atoms with E-state index in [4.69, 9.17) is 18.9 Å². The standard InChI is InChI=1S/C48H55NO4/c1-4-7-8-37-13-23-44(24-14-37)49(45-25-19-42(20-26-45)40-15-9-38(10-16-40)29-50-31-47(5-2)33-52-34-47)46-27-21-43(22-28-46)41-17-11-39(12-18-41)30-51-32-48(6-3)35-53-36-48/h9-28H,4-8,29-36H2,1-3H3. The van der Waals surface area contributed by atoms with Crippen molar-refractivity contribution in [2.24, 2.45) is 10.8 Å². The van der Waals surface area contributed by atoms with E-state index >= 15 is 0 Å². The van der Waals surface area contributed by atoms with Gasteiger partial charge in [-0.25, -0.2) is 0 Å². The third-order valence-electron chi connectivity index (χ3n) is 11.3. The molecular weight excluding hydrogens is 655 g/mol. The zero-order valence-corrected chi connectivity index (χ0v) is 31.8. The summed E-state index contributed by atoms with van der Waals surface area (Å²) < 4.78 is 23.1. The Hall–Kier alpha value is -4.26. The second kappa shape index (κ2) is 17.3. The predicted molar refractivity (Wildman–Crippen MR) is 217 cm³/mol. The van der Waals surface area contributed by atoms with Gasteiger partial charge in [-0.15, -0.1) is 0 Å². The Morgan fingerprint density at radius 1 is 0.472 bits per heavy atom. The average molecular weight is 710 g/mol. The van der Waals surface area contributed by atoms with Gasteiger partial charge in [-0.05, 0) is 101 Å². The van der Waals surface area contributed by atoms with Gasteiger partial charge in [0, 0.05) is 27.9 Å². The van der Waals surface area contributed by atoms with Gasteiger partial charge in [0.2, 0.25) is 0 Å². The maximum atomic E-state index is 6.09. The normalized spacial score (nSPS) is 15.8. The van der Waals surface area contributed by atoms with Crippen LogP contribution in [0.25, 0.3) is 22.3 Å². The van der Waals surface area contributed by atoms with Crippen molar-refractivity contribution in [3.8, 4) is 22.3 Å². The highest BCUT2D eigenvalue weighted by Gasteiger charge is 2.37. The van der Waals surface area contributed by atoms with Crippen molar-refractivity contribution >= 4 is 17.1 Å². The molecule has 0 amide bonds. The van der Waals surface area contributed by atoms with E-state index in [0.717, 1.165) is 76.0 Å². The van der Waals surface area contributed by atoms with Crippen molar-refractivity contribution in [3.63, 3.8) is 0 Å². The van der Waals surface area contributed by atoms with Crippen molar-refractivity contribution in [2.45, 2.75) is 66.1 Å². The number of nitrogens with zero attached hydrogens (tertiary/aromatic N) is 1. The van der Waals surface area contributed by atoms with E-state index in [-0.39, 0.29) is 10.8 Å². The van der Waals surface area contributed by atoms with Crippen LogP contribution >= 0.6 is 0 Å². The van der Waals surface area contributed by atoms with Crippen LogP contribution in [0, 0.1) is 10.8 Å². The number of ether oxygens (including phenoxy) is 4. The molecule has 2 aliphatic heterocycles. The first-order valence-corrected chi connectivity index (χ1v) is 19.6. The lowest BCUT2D eigenvalue weighted by Crippen LogP contribution is -2.45. The number of anilines is 3. The average Bonchev–Trinajstić information content (AvgIpc) is 3.18. The van der Waals surface area contributed by atoms with Crippen molar-refractivity contribution in [3.05, 3.63) is 138 Å². The summed E-state index contributed by atoms with van der Waals surface area (Å²) in [4.78, 5) is 2.35. The molecule has 0 saturated carbocycles. The summed E-state index contributed by atoms with van der Waals surface area (Å²) in [5.74, 6) is 0. The van der Waals surface area contributed by atoms with E-state index in [1.807, 2.05) is 0 Å².